The number of hydrogen-bond donors (Lipinski definition) is 0. The fourth-order valence-electron chi connectivity index (χ4n) is 20.5. The molecule has 0 unspecified atom stereocenters. The van der Waals surface area contributed by atoms with E-state index < -0.39 is 0 Å². The first kappa shape index (κ1) is 80.9. The number of aromatic nitrogens is 3. The maximum absolute atomic E-state index is 9.81. The fraction of sp³-hybridized carbons (Fsp3) is 0. The van der Waals surface area contributed by atoms with Crippen LogP contribution in [0.1, 0.15) is 16.7 Å². The number of rotatable bonds is 12. The molecule has 0 aliphatic carbocycles. The van der Waals surface area contributed by atoms with E-state index in [2.05, 4.69) is 402 Å². The van der Waals surface area contributed by atoms with E-state index in [0.29, 0.717) is 16.7 Å². The van der Waals surface area contributed by atoms with Gasteiger partial charge in [0.05, 0.1) is 68.0 Å². The molecule has 642 valence electrons. The van der Waals surface area contributed by atoms with Gasteiger partial charge >= 0.3 is 0 Å². The van der Waals surface area contributed by atoms with Crippen LogP contribution in [0.4, 0.5) is 0 Å². The van der Waals surface area contributed by atoms with Crippen molar-refractivity contribution < 1.29 is 13.3 Å². The molecule has 9 nitrogen and oxygen atoms in total. The molecule has 0 spiro atoms. The lowest BCUT2D eigenvalue weighted by Gasteiger charge is -2.15. The second-order valence-electron chi connectivity index (χ2n) is 35.1. The highest BCUT2D eigenvalue weighted by Crippen LogP contribution is 2.46. The highest BCUT2D eigenvalue weighted by Gasteiger charge is 2.23. The maximum atomic E-state index is 9.81. The molecule has 9 heteroatoms. The van der Waals surface area contributed by atoms with Crippen LogP contribution in [0, 0.1) is 34.0 Å². The summed E-state index contributed by atoms with van der Waals surface area (Å²) >= 11 is 0. The first-order valence-corrected chi connectivity index (χ1v) is 46.2. The Labute approximate surface area is 793 Å². The van der Waals surface area contributed by atoms with E-state index in [0.717, 1.165) is 183 Å². The van der Waals surface area contributed by atoms with Gasteiger partial charge in [-0.15, -0.1) is 0 Å². The molecule has 138 heavy (non-hydrogen) atoms. The average Bonchev–Trinajstić information content (AvgIpc) is 1.59. The molecule has 6 heterocycles. The molecule has 0 saturated heterocycles. The van der Waals surface area contributed by atoms with Gasteiger partial charge in [0.15, 0.2) is 0 Å². The summed E-state index contributed by atoms with van der Waals surface area (Å²) in [5, 5.41) is 42.7. The van der Waals surface area contributed by atoms with E-state index in [1.807, 2.05) is 103 Å². The molecule has 6 aromatic heterocycles. The Morgan fingerprint density at radius 3 is 0.739 bits per heavy atom. The largest absolute Gasteiger partial charge is 0.456 e. The minimum absolute atomic E-state index is 0.653. The number of benzene rings is 21. The molecule has 0 saturated carbocycles. The molecule has 27 rings (SSSR count). The second-order valence-corrected chi connectivity index (χ2v) is 35.1. The molecule has 0 amide bonds. The number of para-hydroxylation sites is 9. The number of nitriles is 3. The Morgan fingerprint density at radius 2 is 0.399 bits per heavy atom. The van der Waals surface area contributed by atoms with Gasteiger partial charge in [0, 0.05) is 81.7 Å². The van der Waals surface area contributed by atoms with Gasteiger partial charge in [0.1, 0.15) is 33.5 Å². The predicted octanol–water partition coefficient (Wildman–Crippen LogP) is 34.7. The zero-order valence-corrected chi connectivity index (χ0v) is 74.4. The van der Waals surface area contributed by atoms with Gasteiger partial charge < -0.3 is 27.0 Å². The third kappa shape index (κ3) is 14.4. The van der Waals surface area contributed by atoms with E-state index in [1.54, 1.807) is 0 Å². The summed E-state index contributed by atoms with van der Waals surface area (Å²) in [7, 11) is 0. The number of fused-ring (bicyclic) bond motifs is 18. The lowest BCUT2D eigenvalue weighted by molar-refractivity contribution is 0.668. The van der Waals surface area contributed by atoms with Crippen LogP contribution in [-0.2, 0) is 0 Å². The van der Waals surface area contributed by atoms with E-state index >= 15 is 0 Å². The Balaban J connectivity index is 0.000000110. The smallest absolute Gasteiger partial charge is 0.135 e. The summed E-state index contributed by atoms with van der Waals surface area (Å²) in [6.07, 6.45) is 0. The van der Waals surface area contributed by atoms with Crippen molar-refractivity contribution in [2.45, 2.75) is 0 Å². The van der Waals surface area contributed by atoms with Crippen molar-refractivity contribution in [3.63, 3.8) is 0 Å². The van der Waals surface area contributed by atoms with Crippen LogP contribution in [0.5, 0.6) is 0 Å². The summed E-state index contributed by atoms with van der Waals surface area (Å²) in [4.78, 5) is 0. The molecule has 0 aliphatic rings. The third-order valence-electron chi connectivity index (χ3n) is 27.0. The molecular formula is C129H78N6O3. The van der Waals surface area contributed by atoms with Gasteiger partial charge in [-0.1, -0.05) is 279 Å². The van der Waals surface area contributed by atoms with Gasteiger partial charge in [-0.2, -0.15) is 15.8 Å². The maximum Gasteiger partial charge on any atom is 0.135 e. The highest BCUT2D eigenvalue weighted by molar-refractivity contribution is 6.14. The van der Waals surface area contributed by atoms with Gasteiger partial charge in [-0.05, 0) is 294 Å². The molecule has 0 radical (unpaired) electrons. The normalized spacial score (nSPS) is 11.5. The van der Waals surface area contributed by atoms with Crippen molar-refractivity contribution in [2.75, 3.05) is 0 Å². The minimum Gasteiger partial charge on any atom is -0.456 e. The van der Waals surface area contributed by atoms with Crippen LogP contribution in [0.3, 0.4) is 0 Å². The van der Waals surface area contributed by atoms with Crippen molar-refractivity contribution in [1.29, 1.82) is 15.8 Å². The van der Waals surface area contributed by atoms with Crippen molar-refractivity contribution in [3.05, 3.63) is 490 Å². The average molecular weight is 1760 g/mol. The number of furan rings is 3. The third-order valence-corrected chi connectivity index (χ3v) is 27.0. The molecule has 0 N–H and O–H groups in total. The number of nitrogens with zero attached hydrogens (tertiary/aromatic N) is 6. The second kappa shape index (κ2) is 33.9. The lowest BCUT2D eigenvalue weighted by atomic mass is 9.93. The SMILES string of the molecule is N#Cc1ccc(-c2cccc(-c3cc(-c4ccc5oc6ccccc6c5c4)cc(-n4c5ccccc5c5ccccc54)c3)c2)cc1.N#Cc1cccc(-c2cccc(-c3cc(-c4ccc5oc6ccccc6c5c4)cc(-n4c5ccccc5c5ccccc54)c3)c2)c1.N#Cc1ccccc1-c1cccc(-c2cc(-c3ccc4oc5ccccc5c4c3)cc(-n3c4ccccc4c4ccccc43)c2)c1. The molecule has 0 fully saturated rings. The lowest BCUT2D eigenvalue weighted by Crippen LogP contribution is -1.96. The van der Waals surface area contributed by atoms with E-state index in [9.17, 15) is 15.8 Å². The van der Waals surface area contributed by atoms with Crippen LogP contribution in [-0.4, -0.2) is 13.7 Å². The van der Waals surface area contributed by atoms with E-state index in [4.69, 9.17) is 13.3 Å². The molecule has 0 bridgehead atoms. The van der Waals surface area contributed by atoms with Crippen molar-refractivity contribution >= 4 is 131 Å². The zero-order chi connectivity index (χ0) is 91.8. The van der Waals surface area contributed by atoms with Crippen LogP contribution in [0.25, 0.3) is 248 Å². The zero-order valence-electron chi connectivity index (χ0n) is 74.4. The Hall–Kier alpha value is -19.1. The van der Waals surface area contributed by atoms with Gasteiger partial charge in [0.2, 0.25) is 0 Å². The van der Waals surface area contributed by atoms with Gasteiger partial charge in [-0.3, -0.25) is 0 Å². The summed E-state index contributed by atoms with van der Waals surface area (Å²) in [5.74, 6) is 0. The van der Waals surface area contributed by atoms with Crippen molar-refractivity contribution in [1.82, 2.24) is 13.7 Å². The predicted molar refractivity (Wildman–Crippen MR) is 567 cm³/mol. The molecular weight excluding hydrogens is 1680 g/mol. The van der Waals surface area contributed by atoms with E-state index in [-0.39, 0.29) is 0 Å². The first-order chi connectivity index (χ1) is 68.2. The quantitative estimate of drug-likeness (QED) is 0.120. The van der Waals surface area contributed by atoms with Crippen molar-refractivity contribution in [3.8, 4) is 135 Å². The van der Waals surface area contributed by atoms with Crippen LogP contribution in [0.2, 0.25) is 0 Å². The summed E-state index contributed by atoms with van der Waals surface area (Å²) < 4.78 is 25.6. The minimum atomic E-state index is 0.653. The van der Waals surface area contributed by atoms with Gasteiger partial charge in [0.25, 0.3) is 0 Å². The van der Waals surface area contributed by atoms with Crippen molar-refractivity contribution in [2.24, 2.45) is 0 Å². The first-order valence-electron chi connectivity index (χ1n) is 46.2. The molecule has 27 aromatic rings. The Kier molecular flexibility index (Phi) is 19.9. The topological polar surface area (TPSA) is 126 Å². The highest BCUT2D eigenvalue weighted by atomic mass is 16.3. The van der Waals surface area contributed by atoms with Gasteiger partial charge in [-0.25, -0.2) is 0 Å². The van der Waals surface area contributed by atoms with E-state index in [1.165, 1.54) is 65.4 Å². The van der Waals surface area contributed by atoms with Crippen LogP contribution in [0.15, 0.2) is 486 Å². The number of hydrogen-bond acceptors (Lipinski definition) is 6. The molecule has 0 atom stereocenters. The summed E-state index contributed by atoms with van der Waals surface area (Å²) in [6.45, 7) is 0. The fourth-order valence-corrected chi connectivity index (χ4v) is 20.5. The van der Waals surface area contributed by atoms with Crippen LogP contribution < -0.4 is 0 Å². The Morgan fingerprint density at radius 1 is 0.152 bits per heavy atom. The summed E-state index contributed by atoms with van der Waals surface area (Å²) in [6, 6.07) is 172. The monoisotopic (exact) mass is 1760 g/mol. The standard InChI is InChI=1S/3C43H26N2O/c44-27-28-9-7-10-29(21-28)30-11-8-12-31(22-30)33-23-34(32-19-20-43-39(26-32)38-15-3-6-18-42(38)46-43)25-35(24-33)45-40-16-4-1-13-36(40)37-14-2-5-17-41(37)45;44-27-28-16-18-29(19-17-28)30-8-7-9-31(22-30)33-23-34(32-20-21-43-39(26-32)38-12-3-6-15-42(38)46-43)25-35(24-33)45-40-13-4-1-10-36(40)37-11-2-5-14-41(37)45;44-27-31-10-1-2-13-35(31)30-12-9-11-28(22-30)32-23-33(29-20-21-43-39(26-29)38-16-5-8-19-42(38)46-43)25-34(24-32)45-40-17-6-3-14-36(40)37-15-4-7-18-41(37)45/h3*1-26H. The molecule has 0 aliphatic heterocycles. The molecule has 21 aromatic carbocycles. The Bertz CT molecular complexity index is 9590. The van der Waals surface area contributed by atoms with Crippen LogP contribution >= 0.6 is 0 Å². The summed E-state index contributed by atoms with van der Waals surface area (Å²) in [5.41, 5.74) is 37.3.